The minimum Gasteiger partial charge on any atom is -0.397 e. The summed E-state index contributed by atoms with van der Waals surface area (Å²) in [5.74, 6) is -0.757. The fourth-order valence-corrected chi connectivity index (χ4v) is 2.04. The highest BCUT2D eigenvalue weighted by atomic mass is 16.2. The van der Waals surface area contributed by atoms with Crippen molar-refractivity contribution in [3.8, 4) is 0 Å². The normalized spacial score (nSPS) is 18.3. The Bertz CT molecular complexity index is 585. The molecule has 1 aliphatic heterocycles. The molecule has 20 heavy (non-hydrogen) atoms. The van der Waals surface area contributed by atoms with E-state index in [9.17, 15) is 14.4 Å². The van der Waals surface area contributed by atoms with Gasteiger partial charge in [0, 0.05) is 19.7 Å². The number of hydrogen-bond acceptors (Lipinski definition) is 5. The smallest absolute Gasteiger partial charge is 0.251 e. The number of nitrogens with two attached hydrogens (primary N) is 1. The van der Waals surface area contributed by atoms with Crippen molar-refractivity contribution in [3.63, 3.8) is 0 Å². The zero-order valence-corrected chi connectivity index (χ0v) is 11.3. The van der Waals surface area contributed by atoms with Crippen molar-refractivity contribution >= 4 is 29.1 Å². The largest absolute Gasteiger partial charge is 0.397 e. The van der Waals surface area contributed by atoms with Gasteiger partial charge in [0.1, 0.15) is 6.04 Å². The highest BCUT2D eigenvalue weighted by molar-refractivity contribution is 6.06. The van der Waals surface area contributed by atoms with Gasteiger partial charge in [-0.05, 0) is 18.2 Å². The number of likely N-dealkylation sites (tertiary alicyclic amines) is 1. The molecule has 1 saturated heterocycles. The third kappa shape index (κ3) is 2.42. The Kier molecular flexibility index (Phi) is 3.60. The topological polar surface area (TPSA) is 105 Å². The van der Waals surface area contributed by atoms with Gasteiger partial charge in [-0.2, -0.15) is 0 Å². The molecule has 4 N–H and O–H groups in total. The summed E-state index contributed by atoms with van der Waals surface area (Å²) in [7, 11) is 2.98. The van der Waals surface area contributed by atoms with Gasteiger partial charge in [-0.25, -0.2) is 0 Å². The monoisotopic (exact) mass is 276 g/mol. The zero-order valence-electron chi connectivity index (χ0n) is 11.3. The van der Waals surface area contributed by atoms with Crippen LogP contribution >= 0.6 is 0 Å². The summed E-state index contributed by atoms with van der Waals surface area (Å²) in [6.07, 6.45) is 0.103. The number of nitrogens with one attached hydrogen (secondary N) is 2. The van der Waals surface area contributed by atoms with Gasteiger partial charge in [0.2, 0.25) is 5.91 Å². The van der Waals surface area contributed by atoms with E-state index in [1.807, 2.05) is 0 Å². The van der Waals surface area contributed by atoms with Gasteiger partial charge in [-0.1, -0.05) is 0 Å². The minimum absolute atomic E-state index is 0.103. The molecule has 0 saturated carbocycles. The molecular weight excluding hydrogens is 260 g/mol. The lowest BCUT2D eigenvalue weighted by atomic mass is 10.1. The Labute approximate surface area is 116 Å². The molecule has 1 aromatic carbocycles. The molecule has 1 fully saturated rings. The first-order valence-electron chi connectivity index (χ1n) is 6.12. The average molecular weight is 276 g/mol. The molecule has 7 nitrogen and oxygen atoms in total. The number of carbonyl (C=O) groups is 3. The molecule has 7 heteroatoms. The van der Waals surface area contributed by atoms with E-state index >= 15 is 0 Å². The molecule has 1 unspecified atom stereocenters. The van der Waals surface area contributed by atoms with Crippen molar-refractivity contribution in [1.82, 2.24) is 10.2 Å². The number of benzene rings is 1. The molecular formula is C13H16N4O3. The molecule has 1 aliphatic rings. The number of carbonyl (C=O) groups excluding carboxylic acids is 3. The van der Waals surface area contributed by atoms with Crippen LogP contribution < -0.4 is 16.4 Å². The second-order valence-electron chi connectivity index (χ2n) is 4.57. The molecule has 1 heterocycles. The number of amides is 3. The summed E-state index contributed by atoms with van der Waals surface area (Å²) in [6.45, 7) is 0. The van der Waals surface area contributed by atoms with Crippen LogP contribution in [0.1, 0.15) is 16.8 Å². The molecule has 1 atom stereocenters. The van der Waals surface area contributed by atoms with Crippen molar-refractivity contribution in [1.29, 1.82) is 0 Å². The predicted molar refractivity (Wildman–Crippen MR) is 74.0 cm³/mol. The van der Waals surface area contributed by atoms with E-state index in [0.29, 0.717) is 16.9 Å². The van der Waals surface area contributed by atoms with Crippen LogP contribution in [-0.2, 0) is 9.59 Å². The second-order valence-corrected chi connectivity index (χ2v) is 4.57. The highest BCUT2D eigenvalue weighted by Gasteiger charge is 2.36. The van der Waals surface area contributed by atoms with Gasteiger partial charge in [0.15, 0.2) is 0 Å². The molecule has 0 bridgehead atoms. The van der Waals surface area contributed by atoms with Crippen LogP contribution in [0.15, 0.2) is 18.2 Å². The Hall–Kier alpha value is -2.57. The van der Waals surface area contributed by atoms with Crippen molar-refractivity contribution in [2.24, 2.45) is 0 Å². The van der Waals surface area contributed by atoms with Gasteiger partial charge < -0.3 is 16.4 Å². The molecule has 0 spiro atoms. The van der Waals surface area contributed by atoms with Crippen molar-refractivity contribution in [2.45, 2.75) is 12.5 Å². The Morgan fingerprint density at radius 2 is 2.10 bits per heavy atom. The van der Waals surface area contributed by atoms with E-state index in [-0.39, 0.29) is 24.1 Å². The van der Waals surface area contributed by atoms with Crippen LogP contribution in [0, 0.1) is 0 Å². The number of likely N-dealkylation sites (N-methyl/N-ethyl adjacent to an activating group) is 1. The van der Waals surface area contributed by atoms with Gasteiger partial charge in [-0.15, -0.1) is 0 Å². The molecule has 1 aromatic rings. The van der Waals surface area contributed by atoms with Crippen molar-refractivity contribution in [3.05, 3.63) is 23.8 Å². The quantitative estimate of drug-likeness (QED) is 0.524. The zero-order chi connectivity index (χ0) is 14.9. The average Bonchev–Trinajstić information content (AvgIpc) is 2.67. The van der Waals surface area contributed by atoms with Gasteiger partial charge in [-0.3, -0.25) is 19.3 Å². The maximum atomic E-state index is 11.8. The first-order chi connectivity index (χ1) is 9.43. The van der Waals surface area contributed by atoms with E-state index in [4.69, 9.17) is 5.73 Å². The SMILES string of the molecule is CNC(=O)c1ccc(NC2CC(=O)N(C)C2=O)c(N)c1. The van der Waals surface area contributed by atoms with Crippen LogP contribution in [-0.4, -0.2) is 42.8 Å². The Morgan fingerprint density at radius 3 is 2.60 bits per heavy atom. The number of nitrogens with zero attached hydrogens (tertiary/aromatic N) is 1. The lowest BCUT2D eigenvalue weighted by Gasteiger charge is -2.14. The molecule has 0 aliphatic carbocycles. The third-order valence-electron chi connectivity index (χ3n) is 3.25. The van der Waals surface area contributed by atoms with Crippen molar-refractivity contribution < 1.29 is 14.4 Å². The summed E-state index contributed by atoms with van der Waals surface area (Å²) in [5, 5.41) is 5.43. The van der Waals surface area contributed by atoms with Crippen molar-refractivity contribution in [2.75, 3.05) is 25.1 Å². The van der Waals surface area contributed by atoms with Crippen LogP contribution in [0.4, 0.5) is 11.4 Å². The van der Waals surface area contributed by atoms with Gasteiger partial charge in [0.05, 0.1) is 17.8 Å². The number of imide groups is 1. The summed E-state index contributed by atoms with van der Waals surface area (Å²) in [5.41, 5.74) is 7.16. The summed E-state index contributed by atoms with van der Waals surface area (Å²) >= 11 is 0. The van der Waals surface area contributed by atoms with E-state index in [1.165, 1.54) is 20.2 Å². The summed E-state index contributed by atoms with van der Waals surface area (Å²) in [6, 6.07) is 4.13. The molecule has 106 valence electrons. The standard InChI is InChI=1S/C13H16N4O3/c1-15-12(19)7-3-4-9(8(14)5-7)16-10-6-11(18)17(2)13(10)20/h3-5,10,16H,6,14H2,1-2H3,(H,15,19). The Morgan fingerprint density at radius 1 is 1.40 bits per heavy atom. The van der Waals surface area contributed by atoms with Crippen LogP contribution in [0.5, 0.6) is 0 Å². The fraction of sp³-hybridized carbons (Fsp3) is 0.308. The number of anilines is 2. The summed E-state index contributed by atoms with van der Waals surface area (Å²) < 4.78 is 0. The van der Waals surface area contributed by atoms with Crippen LogP contribution in [0.25, 0.3) is 0 Å². The minimum atomic E-state index is -0.611. The molecule has 2 rings (SSSR count). The fourth-order valence-electron chi connectivity index (χ4n) is 2.04. The van der Waals surface area contributed by atoms with E-state index in [1.54, 1.807) is 12.1 Å². The maximum absolute atomic E-state index is 11.8. The van der Waals surface area contributed by atoms with Crippen LogP contribution in [0.2, 0.25) is 0 Å². The molecule has 3 amide bonds. The Balaban J connectivity index is 2.17. The number of nitrogen functional groups attached to an aromatic ring is 1. The summed E-state index contributed by atoms with van der Waals surface area (Å²) in [4.78, 5) is 35.8. The van der Waals surface area contributed by atoms with Gasteiger partial charge in [0.25, 0.3) is 11.8 Å². The molecule has 0 radical (unpaired) electrons. The van der Waals surface area contributed by atoms with E-state index < -0.39 is 6.04 Å². The molecule has 0 aromatic heterocycles. The van der Waals surface area contributed by atoms with E-state index in [0.717, 1.165) is 4.90 Å². The number of hydrogen-bond donors (Lipinski definition) is 3. The lowest BCUT2D eigenvalue weighted by molar-refractivity contribution is -0.136. The predicted octanol–water partition coefficient (Wildman–Crippen LogP) is -0.202. The third-order valence-corrected chi connectivity index (χ3v) is 3.25. The lowest BCUT2D eigenvalue weighted by Crippen LogP contribution is -2.32. The van der Waals surface area contributed by atoms with E-state index in [2.05, 4.69) is 10.6 Å². The van der Waals surface area contributed by atoms with Gasteiger partial charge >= 0.3 is 0 Å². The second kappa shape index (κ2) is 5.20. The first kappa shape index (κ1) is 13.9. The number of rotatable bonds is 3. The first-order valence-corrected chi connectivity index (χ1v) is 6.12. The van der Waals surface area contributed by atoms with Crippen LogP contribution in [0.3, 0.4) is 0 Å². The highest BCUT2D eigenvalue weighted by Crippen LogP contribution is 2.23. The maximum Gasteiger partial charge on any atom is 0.251 e.